The van der Waals surface area contributed by atoms with Crippen LogP contribution in [-0.4, -0.2) is 25.1 Å². The van der Waals surface area contributed by atoms with Crippen molar-refractivity contribution in [2.75, 3.05) is 13.2 Å². The molecular formula is C4H8NO2S+. The quantitative estimate of drug-likeness (QED) is 0.484. The molecule has 0 unspecified atom stereocenters. The summed E-state index contributed by atoms with van der Waals surface area (Å²) < 4.78 is 10.0. The minimum Gasteiger partial charge on any atom is -0.303 e. The first-order valence-corrected chi connectivity index (χ1v) is 2.92. The predicted octanol–water partition coefficient (Wildman–Crippen LogP) is -1.16. The molecule has 0 aromatic heterocycles. The molecule has 1 aliphatic heterocycles. The topological polar surface area (TPSA) is 35.1 Å². The van der Waals surface area contributed by atoms with Gasteiger partial charge >= 0.3 is 6.41 Å². The Kier molecular flexibility index (Phi) is 2.35. The minimum atomic E-state index is -0.174. The first-order valence-electron chi connectivity index (χ1n) is 2.45. The van der Waals surface area contributed by atoms with E-state index in [4.69, 9.17) is 9.47 Å². The average molecular weight is 134 g/mol. The SMILES string of the molecule is S=C[NH2+]C1OCCO1. The van der Waals surface area contributed by atoms with Crippen molar-refractivity contribution < 1.29 is 14.8 Å². The maximum atomic E-state index is 5.02. The fourth-order valence-electron chi connectivity index (χ4n) is 0.552. The molecule has 1 heterocycles. The Morgan fingerprint density at radius 1 is 1.50 bits per heavy atom. The lowest BCUT2D eigenvalue weighted by Gasteiger charge is -1.99. The third-order valence-corrected chi connectivity index (χ3v) is 1.04. The Morgan fingerprint density at radius 2 is 2.12 bits per heavy atom. The average Bonchev–Trinajstić information content (AvgIpc) is 2.19. The van der Waals surface area contributed by atoms with Crippen LogP contribution in [0, 0.1) is 0 Å². The van der Waals surface area contributed by atoms with Crippen molar-refractivity contribution in [1.29, 1.82) is 0 Å². The summed E-state index contributed by atoms with van der Waals surface area (Å²) in [5.74, 6) is 0. The van der Waals surface area contributed by atoms with Crippen LogP contribution in [0.3, 0.4) is 0 Å². The Morgan fingerprint density at radius 3 is 2.62 bits per heavy atom. The second kappa shape index (κ2) is 3.09. The van der Waals surface area contributed by atoms with E-state index in [9.17, 15) is 0 Å². The largest absolute Gasteiger partial charge is 0.310 e. The number of nitrogens with two attached hydrogens (primary N) is 1. The summed E-state index contributed by atoms with van der Waals surface area (Å²) in [7, 11) is 0. The van der Waals surface area contributed by atoms with E-state index in [1.165, 1.54) is 5.49 Å². The first kappa shape index (κ1) is 6.10. The van der Waals surface area contributed by atoms with Crippen LogP contribution in [0.15, 0.2) is 0 Å². The number of ether oxygens (including phenoxy) is 2. The highest BCUT2D eigenvalue weighted by Crippen LogP contribution is 1.92. The molecule has 1 saturated heterocycles. The van der Waals surface area contributed by atoms with Crippen LogP contribution in [0.2, 0.25) is 0 Å². The molecule has 3 nitrogen and oxygen atoms in total. The number of quaternary nitrogens is 1. The molecule has 1 fully saturated rings. The highest BCUT2D eigenvalue weighted by Gasteiger charge is 2.16. The van der Waals surface area contributed by atoms with Gasteiger partial charge in [-0.05, 0) is 12.2 Å². The third-order valence-electron chi connectivity index (χ3n) is 0.883. The van der Waals surface area contributed by atoms with Crippen LogP contribution in [0.25, 0.3) is 0 Å². The summed E-state index contributed by atoms with van der Waals surface area (Å²) in [6, 6.07) is 0. The second-order valence-corrected chi connectivity index (χ2v) is 1.71. The summed E-state index contributed by atoms with van der Waals surface area (Å²) in [5, 5.41) is 1.71. The molecule has 0 saturated carbocycles. The second-order valence-electron chi connectivity index (χ2n) is 1.44. The lowest BCUT2D eigenvalue weighted by Crippen LogP contribution is -2.88. The van der Waals surface area contributed by atoms with Crippen molar-refractivity contribution in [3.05, 3.63) is 0 Å². The van der Waals surface area contributed by atoms with E-state index >= 15 is 0 Å². The molecule has 46 valence electrons. The molecule has 4 heteroatoms. The van der Waals surface area contributed by atoms with Crippen LogP contribution in [-0.2, 0) is 9.47 Å². The number of thiocarbonyl (C=S) groups is 1. The van der Waals surface area contributed by atoms with Crippen molar-refractivity contribution in [2.24, 2.45) is 0 Å². The summed E-state index contributed by atoms with van der Waals surface area (Å²) in [6.45, 7) is 1.37. The Bertz CT molecular complexity index is 82.1. The molecule has 0 aromatic rings. The number of hydrogen-bond donors (Lipinski definition) is 1. The molecule has 0 amide bonds. The normalized spacial score (nSPS) is 21.5. The highest BCUT2D eigenvalue weighted by atomic mass is 32.1. The van der Waals surface area contributed by atoms with Crippen LogP contribution < -0.4 is 5.32 Å². The lowest BCUT2D eigenvalue weighted by molar-refractivity contribution is -0.660. The van der Waals surface area contributed by atoms with Gasteiger partial charge in [-0.25, -0.2) is 0 Å². The maximum absolute atomic E-state index is 5.02. The van der Waals surface area contributed by atoms with E-state index in [-0.39, 0.29) is 6.41 Å². The van der Waals surface area contributed by atoms with Gasteiger partial charge in [0.1, 0.15) is 0 Å². The zero-order valence-corrected chi connectivity index (χ0v) is 5.19. The van der Waals surface area contributed by atoms with Crippen molar-refractivity contribution in [1.82, 2.24) is 0 Å². The summed E-state index contributed by atoms with van der Waals surface area (Å²) >= 11 is 4.55. The smallest absolute Gasteiger partial charge is 0.303 e. The minimum absolute atomic E-state index is 0.174. The molecule has 2 N–H and O–H groups in total. The molecule has 1 rings (SSSR count). The molecule has 1 aliphatic rings. The zero-order valence-electron chi connectivity index (χ0n) is 4.37. The number of rotatable bonds is 2. The molecular weight excluding hydrogens is 126 g/mol. The first-order chi connectivity index (χ1) is 3.93. The van der Waals surface area contributed by atoms with Crippen molar-refractivity contribution in [3.63, 3.8) is 0 Å². The van der Waals surface area contributed by atoms with Crippen LogP contribution in [0.5, 0.6) is 0 Å². The van der Waals surface area contributed by atoms with Crippen molar-refractivity contribution in [2.45, 2.75) is 6.41 Å². The van der Waals surface area contributed by atoms with Gasteiger partial charge in [-0.15, -0.1) is 0 Å². The van der Waals surface area contributed by atoms with Gasteiger partial charge in [-0.3, -0.25) is 5.32 Å². The standard InChI is InChI=1S/C4H7NO2S/c8-3-5-4-6-1-2-7-4/h3-4H,1-2H2,(H,5,8)/p+1. The monoisotopic (exact) mass is 134 g/mol. The van der Waals surface area contributed by atoms with Crippen molar-refractivity contribution in [3.8, 4) is 0 Å². The lowest BCUT2D eigenvalue weighted by atomic mass is 10.8. The predicted molar refractivity (Wildman–Crippen MR) is 31.3 cm³/mol. The highest BCUT2D eigenvalue weighted by molar-refractivity contribution is 7.78. The van der Waals surface area contributed by atoms with Crippen LogP contribution >= 0.6 is 12.2 Å². The zero-order chi connectivity index (χ0) is 5.82. The molecule has 8 heavy (non-hydrogen) atoms. The van der Waals surface area contributed by atoms with Crippen LogP contribution in [0.1, 0.15) is 0 Å². The molecule has 0 aromatic carbocycles. The van der Waals surface area contributed by atoms with Gasteiger partial charge in [-0.2, -0.15) is 0 Å². The van der Waals surface area contributed by atoms with Gasteiger partial charge < -0.3 is 9.47 Å². The fourth-order valence-corrected chi connectivity index (χ4v) is 0.680. The van der Waals surface area contributed by atoms with E-state index in [0.717, 1.165) is 0 Å². The van der Waals surface area contributed by atoms with Crippen LogP contribution in [0.4, 0.5) is 0 Å². The molecule has 0 radical (unpaired) electrons. The molecule has 0 spiro atoms. The van der Waals surface area contributed by atoms with Gasteiger partial charge in [-0.1, -0.05) is 0 Å². The third kappa shape index (κ3) is 1.48. The van der Waals surface area contributed by atoms with E-state index < -0.39 is 0 Å². The van der Waals surface area contributed by atoms with E-state index in [1.807, 2.05) is 0 Å². The van der Waals surface area contributed by atoms with Gasteiger partial charge in [0, 0.05) is 0 Å². The van der Waals surface area contributed by atoms with E-state index in [1.54, 1.807) is 5.32 Å². The fraction of sp³-hybridized carbons (Fsp3) is 0.750. The van der Waals surface area contributed by atoms with Crippen molar-refractivity contribution >= 4 is 17.7 Å². The number of hydrogen-bond acceptors (Lipinski definition) is 3. The van der Waals surface area contributed by atoms with Gasteiger partial charge in [0.15, 0.2) is 5.49 Å². The van der Waals surface area contributed by atoms with E-state index in [2.05, 4.69) is 12.2 Å². The molecule has 0 bridgehead atoms. The Hall–Kier alpha value is -0.0300. The summed E-state index contributed by atoms with van der Waals surface area (Å²) in [6.07, 6.45) is -0.174. The van der Waals surface area contributed by atoms with Gasteiger partial charge in [0.25, 0.3) is 0 Å². The Balaban J connectivity index is 2.14. The molecule has 0 atom stereocenters. The summed E-state index contributed by atoms with van der Waals surface area (Å²) in [5.41, 5.74) is 1.51. The van der Waals surface area contributed by atoms with E-state index in [0.29, 0.717) is 13.2 Å². The Labute approximate surface area is 53.0 Å². The molecule has 0 aliphatic carbocycles. The maximum Gasteiger partial charge on any atom is 0.310 e. The summed E-state index contributed by atoms with van der Waals surface area (Å²) in [4.78, 5) is 0. The van der Waals surface area contributed by atoms with Gasteiger partial charge in [0.05, 0.1) is 13.2 Å². The van der Waals surface area contributed by atoms with Gasteiger partial charge in [0.2, 0.25) is 0 Å².